The van der Waals surface area contributed by atoms with E-state index in [1.54, 1.807) is 24.3 Å². The predicted molar refractivity (Wildman–Crippen MR) is 87.0 cm³/mol. The average Bonchev–Trinajstić information content (AvgIpc) is 2.48. The fourth-order valence-corrected chi connectivity index (χ4v) is 2.17. The molecule has 1 aromatic carbocycles. The molecule has 0 atom stereocenters. The second-order valence-electron chi connectivity index (χ2n) is 4.84. The number of carbonyl (C=O) groups is 1. The van der Waals surface area contributed by atoms with Gasteiger partial charge in [0.15, 0.2) is 0 Å². The topological polar surface area (TPSA) is 78.4 Å². The molecule has 1 aromatic heterocycles. The molecular weight excluding hydrogens is 280 g/mol. The number of rotatable bonds is 6. The molecule has 6 heteroatoms. The molecule has 0 aliphatic heterocycles. The number of carboxylic acids is 1. The number of hydrogen-bond acceptors (Lipinski definition) is 5. The van der Waals surface area contributed by atoms with Crippen LogP contribution in [0, 0.1) is 6.92 Å². The number of nitrogens with one attached hydrogen (secondary N) is 1. The lowest BCUT2D eigenvalue weighted by molar-refractivity contribution is 0.0697. The van der Waals surface area contributed by atoms with Crippen LogP contribution in [0.2, 0.25) is 0 Å². The molecule has 0 unspecified atom stereocenters. The Hall–Kier alpha value is -2.63. The van der Waals surface area contributed by atoms with E-state index in [1.165, 1.54) is 0 Å². The Morgan fingerprint density at radius 3 is 2.36 bits per heavy atom. The molecule has 0 saturated heterocycles. The molecule has 0 spiro atoms. The van der Waals surface area contributed by atoms with Gasteiger partial charge in [0.05, 0.1) is 5.56 Å². The standard InChI is InChI=1S/C16H20N4O2/c1-4-20(5-2)15-10-14(17-11(3)18-15)19-13-8-6-12(7-9-13)16(21)22/h6-10H,4-5H2,1-3H3,(H,21,22)(H,17,18,19). The van der Waals surface area contributed by atoms with Crippen LogP contribution >= 0.6 is 0 Å². The summed E-state index contributed by atoms with van der Waals surface area (Å²) in [6.07, 6.45) is 0. The van der Waals surface area contributed by atoms with E-state index in [0.717, 1.165) is 24.6 Å². The van der Waals surface area contributed by atoms with Gasteiger partial charge >= 0.3 is 5.97 Å². The van der Waals surface area contributed by atoms with E-state index in [9.17, 15) is 4.79 Å². The number of aromatic nitrogens is 2. The lowest BCUT2D eigenvalue weighted by atomic mass is 10.2. The van der Waals surface area contributed by atoms with Crippen molar-refractivity contribution in [2.45, 2.75) is 20.8 Å². The third-order valence-electron chi connectivity index (χ3n) is 3.32. The van der Waals surface area contributed by atoms with Crippen molar-refractivity contribution in [3.8, 4) is 0 Å². The van der Waals surface area contributed by atoms with Crippen molar-refractivity contribution in [3.63, 3.8) is 0 Å². The summed E-state index contributed by atoms with van der Waals surface area (Å²) in [5.74, 6) is 1.32. The highest BCUT2D eigenvalue weighted by atomic mass is 16.4. The van der Waals surface area contributed by atoms with Crippen molar-refractivity contribution in [2.75, 3.05) is 23.3 Å². The first-order valence-corrected chi connectivity index (χ1v) is 7.24. The van der Waals surface area contributed by atoms with Gasteiger partial charge in [0, 0.05) is 24.8 Å². The van der Waals surface area contributed by atoms with E-state index in [1.807, 2.05) is 13.0 Å². The van der Waals surface area contributed by atoms with Crippen LogP contribution in [-0.2, 0) is 0 Å². The fraction of sp³-hybridized carbons (Fsp3) is 0.312. The minimum absolute atomic E-state index is 0.258. The van der Waals surface area contributed by atoms with Gasteiger partial charge in [-0.25, -0.2) is 14.8 Å². The summed E-state index contributed by atoms with van der Waals surface area (Å²) in [5.41, 5.74) is 1.04. The first-order chi connectivity index (χ1) is 10.5. The molecule has 0 fully saturated rings. The number of carboxylic acid groups (broad SMARTS) is 1. The first-order valence-electron chi connectivity index (χ1n) is 7.24. The zero-order chi connectivity index (χ0) is 16.1. The van der Waals surface area contributed by atoms with E-state index < -0.39 is 5.97 Å². The Morgan fingerprint density at radius 1 is 1.18 bits per heavy atom. The van der Waals surface area contributed by atoms with E-state index in [4.69, 9.17) is 5.11 Å². The van der Waals surface area contributed by atoms with E-state index in [0.29, 0.717) is 11.6 Å². The largest absolute Gasteiger partial charge is 0.478 e. The second-order valence-corrected chi connectivity index (χ2v) is 4.84. The Morgan fingerprint density at radius 2 is 1.82 bits per heavy atom. The number of anilines is 3. The van der Waals surface area contributed by atoms with Crippen molar-refractivity contribution < 1.29 is 9.90 Å². The zero-order valence-electron chi connectivity index (χ0n) is 13.0. The molecule has 0 radical (unpaired) electrons. The highest BCUT2D eigenvalue weighted by molar-refractivity contribution is 5.88. The monoisotopic (exact) mass is 300 g/mol. The minimum atomic E-state index is -0.937. The number of hydrogen-bond donors (Lipinski definition) is 2. The molecule has 0 saturated carbocycles. The normalized spacial score (nSPS) is 10.3. The summed E-state index contributed by atoms with van der Waals surface area (Å²) in [4.78, 5) is 21.8. The van der Waals surface area contributed by atoms with Gasteiger partial charge in [0.2, 0.25) is 0 Å². The van der Waals surface area contributed by atoms with E-state index >= 15 is 0 Å². The summed E-state index contributed by atoms with van der Waals surface area (Å²) < 4.78 is 0. The fourth-order valence-electron chi connectivity index (χ4n) is 2.17. The highest BCUT2D eigenvalue weighted by Crippen LogP contribution is 2.20. The Balaban J connectivity index is 2.23. The van der Waals surface area contributed by atoms with Gasteiger partial charge in [-0.05, 0) is 45.0 Å². The molecule has 1 heterocycles. The molecule has 22 heavy (non-hydrogen) atoms. The summed E-state index contributed by atoms with van der Waals surface area (Å²) >= 11 is 0. The summed E-state index contributed by atoms with van der Waals surface area (Å²) in [6, 6.07) is 8.45. The van der Waals surface area contributed by atoms with Crippen LogP contribution in [0.25, 0.3) is 0 Å². The molecule has 2 N–H and O–H groups in total. The molecule has 6 nitrogen and oxygen atoms in total. The summed E-state index contributed by atoms with van der Waals surface area (Å²) in [5, 5.41) is 12.1. The number of aryl methyl sites for hydroxylation is 1. The van der Waals surface area contributed by atoms with Crippen molar-refractivity contribution in [2.24, 2.45) is 0 Å². The maximum Gasteiger partial charge on any atom is 0.335 e. The van der Waals surface area contributed by atoms with Gasteiger partial charge in [-0.15, -0.1) is 0 Å². The lowest BCUT2D eigenvalue weighted by Crippen LogP contribution is -2.23. The number of aromatic carboxylic acids is 1. The number of nitrogens with zero attached hydrogens (tertiary/aromatic N) is 3. The number of benzene rings is 1. The Bertz CT molecular complexity index is 652. The molecule has 0 amide bonds. The van der Waals surface area contributed by atoms with Crippen LogP contribution in [0.1, 0.15) is 30.0 Å². The van der Waals surface area contributed by atoms with Crippen molar-refractivity contribution in [1.29, 1.82) is 0 Å². The zero-order valence-corrected chi connectivity index (χ0v) is 13.0. The average molecular weight is 300 g/mol. The summed E-state index contributed by atoms with van der Waals surface area (Å²) in [7, 11) is 0. The quantitative estimate of drug-likeness (QED) is 0.853. The van der Waals surface area contributed by atoms with Crippen LogP contribution < -0.4 is 10.2 Å². The van der Waals surface area contributed by atoms with Crippen LogP contribution in [0.15, 0.2) is 30.3 Å². The van der Waals surface area contributed by atoms with Gasteiger partial charge < -0.3 is 15.3 Å². The van der Waals surface area contributed by atoms with Gasteiger partial charge in [0.1, 0.15) is 17.5 Å². The third kappa shape index (κ3) is 3.72. The van der Waals surface area contributed by atoms with Crippen molar-refractivity contribution >= 4 is 23.3 Å². The van der Waals surface area contributed by atoms with Crippen LogP contribution in [0.5, 0.6) is 0 Å². The highest BCUT2D eigenvalue weighted by Gasteiger charge is 2.08. The van der Waals surface area contributed by atoms with Crippen LogP contribution in [0.4, 0.5) is 17.3 Å². The minimum Gasteiger partial charge on any atom is -0.478 e. The van der Waals surface area contributed by atoms with Crippen LogP contribution in [0.3, 0.4) is 0 Å². The third-order valence-corrected chi connectivity index (χ3v) is 3.32. The van der Waals surface area contributed by atoms with Crippen molar-refractivity contribution in [1.82, 2.24) is 9.97 Å². The van der Waals surface area contributed by atoms with E-state index in [2.05, 4.69) is 34.0 Å². The lowest BCUT2D eigenvalue weighted by Gasteiger charge is -2.20. The van der Waals surface area contributed by atoms with Gasteiger partial charge in [-0.3, -0.25) is 0 Å². The Kier molecular flexibility index (Phi) is 4.93. The molecule has 0 aliphatic rings. The molecule has 0 aliphatic carbocycles. The predicted octanol–water partition coefficient (Wildman–Crippen LogP) is 3.07. The first kappa shape index (κ1) is 15.8. The SMILES string of the molecule is CCN(CC)c1cc(Nc2ccc(C(=O)O)cc2)nc(C)n1. The molecular formula is C16H20N4O2. The smallest absolute Gasteiger partial charge is 0.335 e. The van der Waals surface area contributed by atoms with Gasteiger partial charge in [0.25, 0.3) is 0 Å². The molecule has 2 rings (SSSR count). The molecule has 2 aromatic rings. The maximum absolute atomic E-state index is 10.9. The molecule has 116 valence electrons. The van der Waals surface area contributed by atoms with Crippen LogP contribution in [-0.4, -0.2) is 34.1 Å². The van der Waals surface area contributed by atoms with Gasteiger partial charge in [-0.1, -0.05) is 0 Å². The summed E-state index contributed by atoms with van der Waals surface area (Å²) in [6.45, 7) is 7.77. The van der Waals surface area contributed by atoms with E-state index in [-0.39, 0.29) is 5.56 Å². The van der Waals surface area contributed by atoms with Gasteiger partial charge in [-0.2, -0.15) is 0 Å². The van der Waals surface area contributed by atoms with Crippen molar-refractivity contribution in [3.05, 3.63) is 41.7 Å². The molecule has 0 bridgehead atoms. The Labute approximate surface area is 129 Å². The second kappa shape index (κ2) is 6.89. The maximum atomic E-state index is 10.9.